The Kier molecular flexibility index (Phi) is 3.83. The molecule has 2 aliphatic heterocycles. The van der Waals surface area contributed by atoms with Gasteiger partial charge in [-0.2, -0.15) is 0 Å². The van der Waals surface area contributed by atoms with Crippen LogP contribution in [0.2, 0.25) is 0 Å². The first-order chi connectivity index (χ1) is 8.54. The molecule has 5 unspecified atom stereocenters. The van der Waals surface area contributed by atoms with Crippen LogP contribution in [0, 0.1) is 0 Å². The fourth-order valence-corrected chi connectivity index (χ4v) is 1.92. The standard InChI is InChI=1S/C10H16N2O6/c13-4-6-7(15)8(16)9(18-6)12-2-1-5(14)3-11-10(12)17/h1-2,5-9,13-16H,3-4H2,(H,11,17). The number of ether oxygens (including phenoxy) is 1. The number of carbonyl (C=O) groups excluding carboxylic acids is 1. The average Bonchev–Trinajstić information content (AvgIpc) is 2.53. The molecule has 5 N–H and O–H groups in total. The molecule has 18 heavy (non-hydrogen) atoms. The SMILES string of the molecule is O=C1NCC(O)C=CN1C1OC(CO)C(O)C1O. The van der Waals surface area contributed by atoms with Gasteiger partial charge in [-0.25, -0.2) is 4.79 Å². The van der Waals surface area contributed by atoms with E-state index >= 15 is 0 Å². The molecular formula is C10H16N2O6. The largest absolute Gasteiger partial charge is 0.394 e. The molecule has 0 aromatic heterocycles. The summed E-state index contributed by atoms with van der Waals surface area (Å²) in [6.07, 6.45) is -2.81. The second kappa shape index (κ2) is 5.21. The number of aliphatic hydroxyl groups excluding tert-OH is 4. The topological polar surface area (TPSA) is 122 Å². The van der Waals surface area contributed by atoms with Gasteiger partial charge in [0.25, 0.3) is 0 Å². The van der Waals surface area contributed by atoms with Crippen molar-refractivity contribution in [2.24, 2.45) is 0 Å². The number of β-amino-alcohol motifs (C(OH)–C–C–N with tert-alkyl or cyclic N) is 1. The Morgan fingerprint density at radius 2 is 2.11 bits per heavy atom. The van der Waals surface area contributed by atoms with E-state index in [9.17, 15) is 20.1 Å². The van der Waals surface area contributed by atoms with Crippen LogP contribution in [-0.2, 0) is 4.74 Å². The van der Waals surface area contributed by atoms with Gasteiger partial charge in [0.2, 0.25) is 0 Å². The van der Waals surface area contributed by atoms with Gasteiger partial charge >= 0.3 is 6.03 Å². The summed E-state index contributed by atoms with van der Waals surface area (Å²) in [5.41, 5.74) is 0. The number of rotatable bonds is 2. The van der Waals surface area contributed by atoms with Gasteiger partial charge in [0.1, 0.15) is 18.3 Å². The van der Waals surface area contributed by atoms with E-state index in [4.69, 9.17) is 9.84 Å². The minimum atomic E-state index is -1.33. The summed E-state index contributed by atoms with van der Waals surface area (Å²) in [5.74, 6) is 0. The molecule has 8 nitrogen and oxygen atoms in total. The fraction of sp³-hybridized carbons (Fsp3) is 0.700. The molecule has 0 aromatic carbocycles. The van der Waals surface area contributed by atoms with E-state index < -0.39 is 43.3 Å². The molecule has 0 saturated carbocycles. The highest BCUT2D eigenvalue weighted by Crippen LogP contribution is 2.24. The Bertz CT molecular complexity index is 349. The minimum absolute atomic E-state index is 0.0562. The van der Waals surface area contributed by atoms with Crippen molar-refractivity contribution in [2.75, 3.05) is 13.2 Å². The Labute approximate surface area is 103 Å². The number of nitrogens with zero attached hydrogens (tertiary/aromatic N) is 1. The van der Waals surface area contributed by atoms with E-state index in [1.807, 2.05) is 0 Å². The lowest BCUT2D eigenvalue weighted by Crippen LogP contribution is -2.48. The average molecular weight is 260 g/mol. The Balaban J connectivity index is 2.15. The van der Waals surface area contributed by atoms with Crippen molar-refractivity contribution in [3.8, 4) is 0 Å². The molecule has 0 radical (unpaired) electrons. The highest BCUT2D eigenvalue weighted by Gasteiger charge is 2.46. The third-order valence-corrected chi connectivity index (χ3v) is 2.96. The van der Waals surface area contributed by atoms with Crippen LogP contribution >= 0.6 is 0 Å². The van der Waals surface area contributed by atoms with Crippen LogP contribution in [0.15, 0.2) is 12.3 Å². The number of hydrogen-bond acceptors (Lipinski definition) is 6. The van der Waals surface area contributed by atoms with Crippen LogP contribution in [0.5, 0.6) is 0 Å². The van der Waals surface area contributed by atoms with Crippen molar-refractivity contribution in [1.29, 1.82) is 0 Å². The van der Waals surface area contributed by atoms with E-state index in [2.05, 4.69) is 5.32 Å². The molecule has 0 bridgehead atoms. The molecule has 2 heterocycles. The van der Waals surface area contributed by atoms with E-state index in [1.54, 1.807) is 0 Å². The maximum atomic E-state index is 11.7. The van der Waals surface area contributed by atoms with Gasteiger partial charge in [0.15, 0.2) is 6.23 Å². The zero-order chi connectivity index (χ0) is 13.3. The maximum absolute atomic E-state index is 11.7. The van der Waals surface area contributed by atoms with Crippen molar-refractivity contribution < 1.29 is 30.0 Å². The summed E-state index contributed by atoms with van der Waals surface area (Å²) < 4.78 is 5.22. The van der Waals surface area contributed by atoms with Crippen molar-refractivity contribution in [1.82, 2.24) is 10.2 Å². The second-order valence-electron chi connectivity index (χ2n) is 4.23. The Morgan fingerprint density at radius 1 is 1.39 bits per heavy atom. The summed E-state index contributed by atoms with van der Waals surface area (Å²) in [5, 5.41) is 40.1. The quantitative estimate of drug-likeness (QED) is 0.369. The van der Waals surface area contributed by atoms with Crippen molar-refractivity contribution in [3.05, 3.63) is 12.3 Å². The van der Waals surface area contributed by atoms with E-state index in [0.717, 1.165) is 4.90 Å². The van der Waals surface area contributed by atoms with Crippen molar-refractivity contribution in [3.63, 3.8) is 0 Å². The molecule has 102 valence electrons. The summed E-state index contributed by atoms with van der Waals surface area (Å²) in [6.45, 7) is -0.406. The lowest BCUT2D eigenvalue weighted by molar-refractivity contribution is -0.0646. The summed E-state index contributed by atoms with van der Waals surface area (Å²) in [7, 11) is 0. The van der Waals surface area contributed by atoms with E-state index in [-0.39, 0.29) is 6.54 Å². The molecule has 5 atom stereocenters. The second-order valence-corrected chi connectivity index (χ2v) is 4.23. The third-order valence-electron chi connectivity index (χ3n) is 2.96. The zero-order valence-electron chi connectivity index (χ0n) is 9.51. The molecule has 2 amide bonds. The minimum Gasteiger partial charge on any atom is -0.394 e. The smallest absolute Gasteiger partial charge is 0.323 e. The summed E-state index contributed by atoms with van der Waals surface area (Å²) >= 11 is 0. The number of urea groups is 1. The molecule has 2 aliphatic rings. The molecule has 0 aliphatic carbocycles. The number of hydrogen-bond donors (Lipinski definition) is 5. The molecule has 2 rings (SSSR count). The van der Waals surface area contributed by atoms with E-state index in [1.165, 1.54) is 12.3 Å². The first kappa shape index (κ1) is 13.2. The summed E-state index contributed by atoms with van der Waals surface area (Å²) in [6, 6.07) is -0.558. The molecule has 1 saturated heterocycles. The molecule has 0 aromatic rings. The van der Waals surface area contributed by atoms with Crippen LogP contribution in [0.1, 0.15) is 0 Å². The van der Waals surface area contributed by atoms with Gasteiger partial charge < -0.3 is 30.5 Å². The first-order valence-corrected chi connectivity index (χ1v) is 5.59. The Morgan fingerprint density at radius 3 is 2.72 bits per heavy atom. The van der Waals surface area contributed by atoms with Crippen LogP contribution in [0.3, 0.4) is 0 Å². The number of nitrogens with one attached hydrogen (secondary N) is 1. The third kappa shape index (κ3) is 2.33. The number of carbonyl (C=O) groups is 1. The number of amides is 2. The number of aliphatic hydroxyl groups is 4. The summed E-state index contributed by atoms with van der Waals surface area (Å²) in [4.78, 5) is 12.8. The molecular weight excluding hydrogens is 244 g/mol. The predicted molar refractivity (Wildman–Crippen MR) is 58.1 cm³/mol. The van der Waals surface area contributed by atoms with Crippen molar-refractivity contribution in [2.45, 2.75) is 30.6 Å². The van der Waals surface area contributed by atoms with Gasteiger partial charge in [0, 0.05) is 12.7 Å². The van der Waals surface area contributed by atoms with Crippen LogP contribution in [-0.4, -0.2) is 75.2 Å². The van der Waals surface area contributed by atoms with E-state index in [0.29, 0.717) is 0 Å². The van der Waals surface area contributed by atoms with Crippen LogP contribution in [0.4, 0.5) is 4.79 Å². The molecule has 0 spiro atoms. The van der Waals surface area contributed by atoms with Gasteiger partial charge in [-0.1, -0.05) is 0 Å². The van der Waals surface area contributed by atoms with Gasteiger partial charge in [0.05, 0.1) is 12.7 Å². The fourth-order valence-electron chi connectivity index (χ4n) is 1.92. The normalized spacial score (nSPS) is 40.8. The highest BCUT2D eigenvalue weighted by atomic mass is 16.6. The lowest BCUT2D eigenvalue weighted by atomic mass is 10.1. The Hall–Kier alpha value is -1.19. The molecule has 8 heteroatoms. The predicted octanol–water partition coefficient (Wildman–Crippen LogP) is -2.67. The lowest BCUT2D eigenvalue weighted by Gasteiger charge is -2.26. The van der Waals surface area contributed by atoms with Crippen LogP contribution < -0.4 is 5.32 Å². The monoisotopic (exact) mass is 260 g/mol. The molecule has 1 fully saturated rings. The van der Waals surface area contributed by atoms with Gasteiger partial charge in [-0.15, -0.1) is 0 Å². The van der Waals surface area contributed by atoms with Gasteiger partial charge in [-0.3, -0.25) is 4.90 Å². The van der Waals surface area contributed by atoms with Crippen molar-refractivity contribution >= 4 is 6.03 Å². The first-order valence-electron chi connectivity index (χ1n) is 5.59. The maximum Gasteiger partial charge on any atom is 0.323 e. The van der Waals surface area contributed by atoms with Crippen LogP contribution in [0.25, 0.3) is 0 Å². The van der Waals surface area contributed by atoms with Gasteiger partial charge in [-0.05, 0) is 6.08 Å². The highest BCUT2D eigenvalue weighted by molar-refractivity contribution is 5.76. The zero-order valence-corrected chi connectivity index (χ0v) is 9.51.